The minimum Gasteiger partial charge on any atom is -0.458 e. The van der Waals surface area contributed by atoms with Crippen LogP contribution < -0.4 is 11.1 Å². The summed E-state index contributed by atoms with van der Waals surface area (Å²) in [5.74, 6) is -1.49. The van der Waals surface area contributed by atoms with Crippen molar-refractivity contribution in [1.82, 2.24) is 5.32 Å². The fraction of sp³-hybridized carbons (Fsp3) is 0.125. The first kappa shape index (κ1) is 11.9. The largest absolute Gasteiger partial charge is 0.458 e. The average molecular weight is 198 g/mol. The average Bonchev–Trinajstić information content (AvgIpc) is 2.10. The zero-order valence-corrected chi connectivity index (χ0v) is 7.36. The number of nitrogens with one attached hydrogen (secondary N) is 1. The molecule has 6 nitrogen and oxygen atoms in total. The first-order chi connectivity index (χ1) is 6.56. The van der Waals surface area contributed by atoms with Crippen LogP contribution in [0.2, 0.25) is 0 Å². The number of amides is 3. The van der Waals surface area contributed by atoms with Crippen LogP contribution >= 0.6 is 0 Å². The highest BCUT2D eigenvalue weighted by atomic mass is 16.5. The van der Waals surface area contributed by atoms with Gasteiger partial charge in [-0.2, -0.15) is 0 Å². The van der Waals surface area contributed by atoms with E-state index >= 15 is 0 Å². The smallest absolute Gasteiger partial charge is 0.331 e. The molecule has 3 amide bonds. The van der Waals surface area contributed by atoms with Crippen LogP contribution in [0.5, 0.6) is 0 Å². The molecule has 0 aliphatic rings. The molecule has 0 spiro atoms. The topological polar surface area (TPSA) is 98.5 Å². The molecule has 0 bridgehead atoms. The van der Waals surface area contributed by atoms with Gasteiger partial charge < -0.3 is 10.5 Å². The van der Waals surface area contributed by atoms with Crippen LogP contribution in [0, 0.1) is 0 Å². The molecule has 0 aliphatic carbocycles. The van der Waals surface area contributed by atoms with Crippen molar-refractivity contribution in [1.29, 1.82) is 0 Å². The van der Waals surface area contributed by atoms with Gasteiger partial charge in [-0.05, 0) is 0 Å². The van der Waals surface area contributed by atoms with Crippen LogP contribution in [0.3, 0.4) is 0 Å². The highest BCUT2D eigenvalue weighted by molar-refractivity contribution is 6.02. The number of esters is 1. The molecule has 0 aromatic rings. The lowest BCUT2D eigenvalue weighted by molar-refractivity contribution is -0.136. The molecule has 0 aromatic carbocycles. The predicted octanol–water partition coefficient (Wildman–Crippen LogP) is -0.533. The van der Waals surface area contributed by atoms with E-state index in [-0.39, 0.29) is 6.61 Å². The lowest BCUT2D eigenvalue weighted by Crippen LogP contribution is -2.33. The molecule has 14 heavy (non-hydrogen) atoms. The number of hydrogen-bond acceptors (Lipinski definition) is 4. The van der Waals surface area contributed by atoms with Gasteiger partial charge in [-0.1, -0.05) is 12.7 Å². The Morgan fingerprint density at radius 3 is 2.50 bits per heavy atom. The van der Waals surface area contributed by atoms with Crippen molar-refractivity contribution in [3.05, 3.63) is 24.8 Å². The number of carbonyl (C=O) groups is 3. The molecule has 6 heteroatoms. The molecule has 0 radical (unpaired) electrons. The summed E-state index contributed by atoms with van der Waals surface area (Å²) < 4.78 is 4.51. The van der Waals surface area contributed by atoms with Crippen LogP contribution in [0.15, 0.2) is 24.8 Å². The zero-order valence-electron chi connectivity index (χ0n) is 7.36. The van der Waals surface area contributed by atoms with E-state index in [1.54, 1.807) is 5.32 Å². The van der Waals surface area contributed by atoms with Gasteiger partial charge in [0.05, 0.1) is 0 Å². The second-order valence-electron chi connectivity index (χ2n) is 2.11. The Labute approximate surface area is 80.4 Å². The summed E-state index contributed by atoms with van der Waals surface area (Å²) in [6.45, 7) is 3.38. The minimum atomic E-state index is -0.987. The molecule has 0 heterocycles. The SMILES string of the molecule is C=CCOC(=O)C=CC(=O)NC(N)=O. The van der Waals surface area contributed by atoms with E-state index in [4.69, 9.17) is 0 Å². The van der Waals surface area contributed by atoms with Crippen molar-refractivity contribution < 1.29 is 19.1 Å². The number of primary amides is 1. The molecule has 0 unspecified atom stereocenters. The van der Waals surface area contributed by atoms with E-state index in [2.05, 4.69) is 17.0 Å². The molecule has 0 saturated heterocycles. The Morgan fingerprint density at radius 2 is 2.00 bits per heavy atom. The predicted molar refractivity (Wildman–Crippen MR) is 48.0 cm³/mol. The Morgan fingerprint density at radius 1 is 1.36 bits per heavy atom. The Balaban J connectivity index is 3.91. The maximum Gasteiger partial charge on any atom is 0.331 e. The number of nitrogens with two attached hydrogens (primary N) is 1. The fourth-order valence-electron chi connectivity index (χ4n) is 0.496. The number of carbonyl (C=O) groups excluding carboxylic acids is 3. The van der Waals surface area contributed by atoms with Crippen LogP contribution in [0.1, 0.15) is 0 Å². The van der Waals surface area contributed by atoms with Gasteiger partial charge in [-0.3, -0.25) is 10.1 Å². The molecule has 0 aromatic heterocycles. The molecule has 0 aliphatic heterocycles. The molecule has 0 atom stereocenters. The number of rotatable bonds is 4. The highest BCUT2D eigenvalue weighted by Gasteiger charge is 2.00. The van der Waals surface area contributed by atoms with Crippen molar-refractivity contribution >= 4 is 17.9 Å². The zero-order chi connectivity index (χ0) is 11.0. The van der Waals surface area contributed by atoms with Crippen LogP contribution in [0.25, 0.3) is 0 Å². The minimum absolute atomic E-state index is 0.0562. The second kappa shape index (κ2) is 6.41. The molecular weight excluding hydrogens is 188 g/mol. The van der Waals surface area contributed by atoms with E-state index in [0.717, 1.165) is 12.2 Å². The summed E-state index contributed by atoms with van der Waals surface area (Å²) >= 11 is 0. The highest BCUT2D eigenvalue weighted by Crippen LogP contribution is 1.82. The summed E-state index contributed by atoms with van der Waals surface area (Å²) in [6.07, 6.45) is 3.10. The number of imide groups is 1. The number of urea groups is 1. The monoisotopic (exact) mass is 198 g/mol. The van der Waals surface area contributed by atoms with Gasteiger partial charge in [0.15, 0.2) is 0 Å². The Hall–Kier alpha value is -2.11. The number of hydrogen-bond donors (Lipinski definition) is 2. The lowest BCUT2D eigenvalue weighted by atomic mass is 10.4. The van der Waals surface area contributed by atoms with E-state index < -0.39 is 17.9 Å². The van der Waals surface area contributed by atoms with Crippen molar-refractivity contribution in [2.24, 2.45) is 5.73 Å². The van der Waals surface area contributed by atoms with Crippen LogP contribution in [-0.2, 0) is 14.3 Å². The third-order valence-corrected chi connectivity index (χ3v) is 0.961. The fourth-order valence-corrected chi connectivity index (χ4v) is 0.496. The first-order valence-corrected chi connectivity index (χ1v) is 3.62. The van der Waals surface area contributed by atoms with Gasteiger partial charge in [0.2, 0.25) is 0 Å². The quantitative estimate of drug-likeness (QED) is 0.360. The molecule has 76 valence electrons. The van der Waals surface area contributed by atoms with E-state index in [0.29, 0.717) is 0 Å². The summed E-state index contributed by atoms with van der Waals surface area (Å²) in [5, 5.41) is 1.74. The van der Waals surface area contributed by atoms with Crippen molar-refractivity contribution in [2.75, 3.05) is 6.61 Å². The van der Waals surface area contributed by atoms with Crippen LogP contribution in [0.4, 0.5) is 4.79 Å². The summed E-state index contributed by atoms with van der Waals surface area (Å²) in [6, 6.07) is -0.987. The van der Waals surface area contributed by atoms with Gasteiger partial charge in [0.1, 0.15) is 6.61 Å². The standard InChI is InChI=1S/C8H10N2O4/c1-2-5-14-7(12)4-3-6(11)10-8(9)13/h2-4H,1,5H2,(H3,9,10,11,13). The molecular formula is C8H10N2O4. The lowest BCUT2D eigenvalue weighted by Gasteiger charge is -1.95. The van der Waals surface area contributed by atoms with E-state index in [1.807, 2.05) is 0 Å². The second-order valence-corrected chi connectivity index (χ2v) is 2.11. The van der Waals surface area contributed by atoms with Crippen molar-refractivity contribution in [3.8, 4) is 0 Å². The van der Waals surface area contributed by atoms with Crippen LogP contribution in [-0.4, -0.2) is 24.5 Å². The first-order valence-electron chi connectivity index (χ1n) is 3.62. The molecule has 0 saturated carbocycles. The summed E-state index contributed by atoms with van der Waals surface area (Å²) in [4.78, 5) is 31.6. The van der Waals surface area contributed by atoms with E-state index in [9.17, 15) is 14.4 Å². The van der Waals surface area contributed by atoms with Gasteiger partial charge >= 0.3 is 12.0 Å². The number of ether oxygens (including phenoxy) is 1. The molecule has 3 N–H and O–H groups in total. The maximum atomic E-state index is 10.7. The normalized spacial score (nSPS) is 9.43. The third kappa shape index (κ3) is 6.59. The Kier molecular flexibility index (Phi) is 5.44. The molecule has 0 fully saturated rings. The van der Waals surface area contributed by atoms with Gasteiger partial charge in [-0.15, -0.1) is 0 Å². The third-order valence-electron chi connectivity index (χ3n) is 0.961. The maximum absolute atomic E-state index is 10.7. The molecule has 0 rings (SSSR count). The van der Waals surface area contributed by atoms with Crippen molar-refractivity contribution in [2.45, 2.75) is 0 Å². The van der Waals surface area contributed by atoms with Gasteiger partial charge in [0.25, 0.3) is 5.91 Å². The summed E-state index contributed by atoms with van der Waals surface area (Å²) in [5.41, 5.74) is 4.65. The van der Waals surface area contributed by atoms with Gasteiger partial charge in [-0.25, -0.2) is 9.59 Å². The Bertz CT molecular complexity index is 283. The van der Waals surface area contributed by atoms with Gasteiger partial charge in [0, 0.05) is 12.2 Å². The van der Waals surface area contributed by atoms with E-state index in [1.165, 1.54) is 6.08 Å². The summed E-state index contributed by atoms with van der Waals surface area (Å²) in [7, 11) is 0. The van der Waals surface area contributed by atoms with Crippen molar-refractivity contribution in [3.63, 3.8) is 0 Å².